The Morgan fingerprint density at radius 3 is 3.00 bits per heavy atom. The first kappa shape index (κ1) is 9.34. The van der Waals surface area contributed by atoms with Crippen LogP contribution in [0, 0.1) is 0 Å². The number of benzene rings is 1. The maximum absolute atomic E-state index is 9.86. The highest BCUT2D eigenvalue weighted by Crippen LogP contribution is 2.34. The van der Waals surface area contributed by atoms with Crippen molar-refractivity contribution in [2.45, 2.75) is 25.5 Å². The number of aliphatic hydroxyl groups is 1. The van der Waals surface area contributed by atoms with Gasteiger partial charge in [-0.15, -0.1) is 0 Å². The highest BCUT2D eigenvalue weighted by Gasteiger charge is 2.22. The molecule has 2 atom stereocenters. The van der Waals surface area contributed by atoms with Crippen LogP contribution in [0.2, 0.25) is 0 Å². The van der Waals surface area contributed by atoms with E-state index < -0.39 is 0 Å². The van der Waals surface area contributed by atoms with Crippen molar-refractivity contribution in [1.29, 1.82) is 0 Å². The van der Waals surface area contributed by atoms with Crippen molar-refractivity contribution in [2.75, 3.05) is 12.4 Å². The van der Waals surface area contributed by atoms with Crippen molar-refractivity contribution < 1.29 is 9.84 Å². The third kappa shape index (κ3) is 1.55. The van der Waals surface area contributed by atoms with Crippen molar-refractivity contribution in [3.05, 3.63) is 23.8 Å². The maximum atomic E-state index is 9.86. The molecule has 0 fully saturated rings. The summed E-state index contributed by atoms with van der Waals surface area (Å²) >= 11 is 0. The van der Waals surface area contributed by atoms with Crippen LogP contribution in [0.15, 0.2) is 18.2 Å². The highest BCUT2D eigenvalue weighted by molar-refractivity contribution is 5.57. The molecule has 1 aromatic rings. The van der Waals surface area contributed by atoms with E-state index in [9.17, 15) is 5.11 Å². The van der Waals surface area contributed by atoms with Gasteiger partial charge in [0.2, 0.25) is 0 Å². The van der Waals surface area contributed by atoms with Crippen molar-refractivity contribution in [2.24, 2.45) is 0 Å². The van der Waals surface area contributed by atoms with Gasteiger partial charge < -0.3 is 15.2 Å². The summed E-state index contributed by atoms with van der Waals surface area (Å²) in [6.45, 7) is 2.07. The Hall–Kier alpha value is -1.22. The third-order valence-electron chi connectivity index (χ3n) is 2.60. The summed E-state index contributed by atoms with van der Waals surface area (Å²) in [6, 6.07) is 6.06. The van der Waals surface area contributed by atoms with E-state index in [1.165, 1.54) is 0 Å². The number of anilines is 1. The molecule has 0 bridgehead atoms. The standard InChI is InChI=1S/C11H15NO2/c1-7-5-11(13)9-6-8(14-2)3-4-10(9)12-7/h3-4,6-7,11-13H,5H2,1-2H3/t7-,11+/m0/s1. The number of nitrogens with one attached hydrogen (secondary N) is 1. The average Bonchev–Trinajstić information content (AvgIpc) is 2.17. The van der Waals surface area contributed by atoms with Crippen LogP contribution in [-0.2, 0) is 0 Å². The zero-order valence-electron chi connectivity index (χ0n) is 8.45. The third-order valence-corrected chi connectivity index (χ3v) is 2.60. The van der Waals surface area contributed by atoms with Crippen LogP contribution in [0.25, 0.3) is 0 Å². The average molecular weight is 193 g/mol. The van der Waals surface area contributed by atoms with Gasteiger partial charge in [0.1, 0.15) is 5.75 Å². The SMILES string of the molecule is COc1ccc2c(c1)[C@H](O)C[C@H](C)N2. The molecule has 0 saturated carbocycles. The summed E-state index contributed by atoms with van der Waals surface area (Å²) in [5, 5.41) is 13.2. The lowest BCUT2D eigenvalue weighted by Crippen LogP contribution is -2.25. The van der Waals surface area contributed by atoms with Gasteiger partial charge >= 0.3 is 0 Å². The van der Waals surface area contributed by atoms with E-state index in [1.807, 2.05) is 18.2 Å². The quantitative estimate of drug-likeness (QED) is 0.716. The molecule has 0 amide bonds. The summed E-state index contributed by atoms with van der Waals surface area (Å²) in [7, 11) is 1.63. The predicted molar refractivity (Wildman–Crippen MR) is 55.7 cm³/mol. The summed E-state index contributed by atoms with van der Waals surface area (Å²) in [5.41, 5.74) is 1.94. The zero-order valence-corrected chi connectivity index (χ0v) is 8.45. The van der Waals surface area contributed by atoms with E-state index in [1.54, 1.807) is 7.11 Å². The first-order valence-corrected chi connectivity index (χ1v) is 4.83. The fourth-order valence-corrected chi connectivity index (χ4v) is 1.86. The van der Waals surface area contributed by atoms with Gasteiger partial charge in [-0.05, 0) is 31.5 Å². The van der Waals surface area contributed by atoms with Gasteiger partial charge in [-0.3, -0.25) is 0 Å². The molecule has 2 rings (SSSR count). The normalized spacial score (nSPS) is 25.1. The Morgan fingerprint density at radius 2 is 2.29 bits per heavy atom. The van der Waals surface area contributed by atoms with Crippen LogP contribution in [0.4, 0.5) is 5.69 Å². The molecule has 1 heterocycles. The zero-order chi connectivity index (χ0) is 10.1. The molecular formula is C11H15NO2. The Morgan fingerprint density at radius 1 is 1.50 bits per heavy atom. The Labute approximate surface area is 83.7 Å². The van der Waals surface area contributed by atoms with Crippen molar-refractivity contribution >= 4 is 5.69 Å². The van der Waals surface area contributed by atoms with Crippen molar-refractivity contribution in [3.63, 3.8) is 0 Å². The topological polar surface area (TPSA) is 41.5 Å². The Bertz CT molecular complexity index is 338. The molecule has 0 aromatic heterocycles. The monoisotopic (exact) mass is 193 g/mol. The summed E-state index contributed by atoms with van der Waals surface area (Å²) in [4.78, 5) is 0. The molecule has 14 heavy (non-hydrogen) atoms. The van der Waals surface area contributed by atoms with E-state index in [0.29, 0.717) is 6.04 Å². The Kier molecular flexibility index (Phi) is 2.33. The molecule has 0 radical (unpaired) electrons. The number of rotatable bonds is 1. The van der Waals surface area contributed by atoms with E-state index in [0.717, 1.165) is 23.4 Å². The van der Waals surface area contributed by atoms with Crippen molar-refractivity contribution in [1.82, 2.24) is 0 Å². The maximum Gasteiger partial charge on any atom is 0.119 e. The van der Waals surface area contributed by atoms with Crippen molar-refractivity contribution in [3.8, 4) is 5.75 Å². The van der Waals surface area contributed by atoms with E-state index in [2.05, 4.69) is 12.2 Å². The lowest BCUT2D eigenvalue weighted by atomic mass is 9.96. The van der Waals surface area contributed by atoms with Crippen LogP contribution in [0.1, 0.15) is 25.0 Å². The molecule has 0 aliphatic carbocycles. The second kappa shape index (κ2) is 3.50. The molecule has 3 heteroatoms. The van der Waals surface area contributed by atoms with Crippen LogP contribution in [-0.4, -0.2) is 18.3 Å². The van der Waals surface area contributed by atoms with Gasteiger partial charge in [0.15, 0.2) is 0 Å². The lowest BCUT2D eigenvalue weighted by molar-refractivity contribution is 0.158. The summed E-state index contributed by atoms with van der Waals surface area (Å²) in [5.74, 6) is 0.791. The van der Waals surface area contributed by atoms with Crippen LogP contribution < -0.4 is 10.1 Å². The first-order chi connectivity index (χ1) is 6.70. The molecule has 76 valence electrons. The molecule has 1 aliphatic heterocycles. The van der Waals surface area contributed by atoms with Gasteiger partial charge in [-0.2, -0.15) is 0 Å². The van der Waals surface area contributed by atoms with Gasteiger partial charge in [0.05, 0.1) is 13.2 Å². The number of aliphatic hydroxyl groups excluding tert-OH is 1. The van der Waals surface area contributed by atoms with Gasteiger partial charge in [0.25, 0.3) is 0 Å². The van der Waals surface area contributed by atoms with Gasteiger partial charge in [-0.1, -0.05) is 0 Å². The van der Waals surface area contributed by atoms with Crippen LogP contribution in [0.5, 0.6) is 5.75 Å². The molecule has 2 N–H and O–H groups in total. The molecule has 3 nitrogen and oxygen atoms in total. The molecule has 1 aliphatic rings. The largest absolute Gasteiger partial charge is 0.497 e. The minimum atomic E-state index is -0.378. The minimum Gasteiger partial charge on any atom is -0.497 e. The number of methoxy groups -OCH3 is 1. The molecule has 0 saturated heterocycles. The summed E-state index contributed by atoms with van der Waals surface area (Å²) in [6.07, 6.45) is 0.372. The molecular weight excluding hydrogens is 178 g/mol. The van der Waals surface area contributed by atoms with E-state index in [-0.39, 0.29) is 6.10 Å². The number of ether oxygens (including phenoxy) is 1. The van der Waals surface area contributed by atoms with Gasteiger partial charge in [0, 0.05) is 17.3 Å². The summed E-state index contributed by atoms with van der Waals surface area (Å²) < 4.78 is 5.12. The number of hydrogen-bond acceptors (Lipinski definition) is 3. The predicted octanol–water partition coefficient (Wildman–Crippen LogP) is 1.93. The molecule has 1 aromatic carbocycles. The molecule has 0 spiro atoms. The second-order valence-electron chi connectivity index (χ2n) is 3.75. The number of fused-ring (bicyclic) bond motifs is 1. The van der Waals surface area contributed by atoms with Crippen LogP contribution in [0.3, 0.4) is 0 Å². The fraction of sp³-hybridized carbons (Fsp3) is 0.455. The highest BCUT2D eigenvalue weighted by atomic mass is 16.5. The first-order valence-electron chi connectivity index (χ1n) is 4.83. The van der Waals surface area contributed by atoms with Crippen LogP contribution >= 0.6 is 0 Å². The smallest absolute Gasteiger partial charge is 0.119 e. The Balaban J connectivity index is 2.39. The second-order valence-corrected chi connectivity index (χ2v) is 3.75. The van der Waals surface area contributed by atoms with E-state index >= 15 is 0 Å². The fourth-order valence-electron chi connectivity index (χ4n) is 1.86. The minimum absolute atomic E-state index is 0.325. The lowest BCUT2D eigenvalue weighted by Gasteiger charge is -2.28. The van der Waals surface area contributed by atoms with Gasteiger partial charge in [-0.25, -0.2) is 0 Å². The molecule has 0 unspecified atom stereocenters. The van der Waals surface area contributed by atoms with E-state index in [4.69, 9.17) is 4.74 Å². The number of hydrogen-bond donors (Lipinski definition) is 2.